The number of thiophene rings is 1. The average molecular weight is 570 g/mol. The molecule has 1 atom stereocenters. The molecule has 1 aliphatic carbocycles. The number of amides is 2. The van der Waals surface area contributed by atoms with Gasteiger partial charge in [0.25, 0.3) is 0 Å². The van der Waals surface area contributed by atoms with Crippen molar-refractivity contribution in [2.45, 2.75) is 104 Å². The number of allylic oxidation sites excluding steroid dienone is 1. The molecule has 0 spiro atoms. The van der Waals surface area contributed by atoms with E-state index in [-0.39, 0.29) is 18.0 Å². The van der Waals surface area contributed by atoms with Crippen molar-refractivity contribution in [3.05, 3.63) is 38.3 Å². The Kier molecular flexibility index (Phi) is 10.3. The van der Waals surface area contributed by atoms with Gasteiger partial charge in [0.2, 0.25) is 0 Å². The van der Waals surface area contributed by atoms with Crippen LogP contribution in [0, 0.1) is 0 Å². The first-order chi connectivity index (χ1) is 18.2. The lowest BCUT2D eigenvalue weighted by molar-refractivity contribution is -0.0921. The van der Waals surface area contributed by atoms with Crippen LogP contribution in [-0.4, -0.2) is 43.4 Å². The molecule has 6 nitrogen and oxygen atoms in total. The van der Waals surface area contributed by atoms with Gasteiger partial charge in [-0.15, -0.1) is 11.3 Å². The Morgan fingerprint density at radius 3 is 2.54 bits per heavy atom. The Bertz CT molecular complexity index is 1130. The molecule has 0 saturated carbocycles. The summed E-state index contributed by atoms with van der Waals surface area (Å²) in [5.41, 5.74) is 1.64. The van der Waals surface area contributed by atoms with E-state index in [1.165, 1.54) is 11.3 Å². The third-order valence-corrected chi connectivity index (χ3v) is 8.38. The summed E-state index contributed by atoms with van der Waals surface area (Å²) >= 11 is 1.35. The first kappa shape index (κ1) is 31.2. The summed E-state index contributed by atoms with van der Waals surface area (Å²) in [6.07, 6.45) is 1.25. The van der Waals surface area contributed by atoms with E-state index < -0.39 is 29.4 Å². The molecular formula is C29H42F3N3O3S. The molecule has 2 heterocycles. The smallest absolute Gasteiger partial charge is 0.412 e. The van der Waals surface area contributed by atoms with E-state index in [0.717, 1.165) is 61.5 Å². The van der Waals surface area contributed by atoms with Crippen molar-refractivity contribution in [2.75, 3.05) is 25.0 Å². The number of rotatable bonds is 8. The van der Waals surface area contributed by atoms with Crippen LogP contribution in [0.4, 0.5) is 23.0 Å². The molecule has 0 fully saturated rings. The number of hydrogen-bond acceptors (Lipinski definition) is 5. The fraction of sp³-hybridized carbons (Fsp3) is 0.655. The Morgan fingerprint density at radius 1 is 1.18 bits per heavy atom. The number of carbonyl (C=O) groups is 2. The zero-order valence-electron chi connectivity index (χ0n) is 23.9. The maximum atomic E-state index is 13.9. The Balaban J connectivity index is 1.89. The van der Waals surface area contributed by atoms with Crippen LogP contribution in [0.15, 0.2) is 22.3 Å². The van der Waals surface area contributed by atoms with Gasteiger partial charge < -0.3 is 15.4 Å². The SMILES string of the molecule is CCCCC1=C(/C(CNC(=O)Nc2sc3c(c2C(=O)OC(C)(C)C)C(C)CCC3)=C(\C)C(F)(F)F)CCNC1. The van der Waals surface area contributed by atoms with Gasteiger partial charge in [-0.05, 0) is 95.4 Å². The Labute approximate surface area is 233 Å². The van der Waals surface area contributed by atoms with Gasteiger partial charge in [-0.2, -0.15) is 13.2 Å². The first-order valence-electron chi connectivity index (χ1n) is 13.9. The summed E-state index contributed by atoms with van der Waals surface area (Å²) in [4.78, 5) is 27.3. The standard InChI is InChI=1S/C29H42F3N3O3S/c1-7-8-11-19-15-33-14-13-20(19)21(18(3)29(30,31)32)16-34-27(37)35-25-24(26(36)38-28(4,5)6)23-17(2)10-9-12-22(23)39-25/h17,33H,7-16H2,1-6H3,(H2,34,35,37)/b21-18+. The van der Waals surface area contributed by atoms with Crippen LogP contribution in [0.25, 0.3) is 0 Å². The second-order valence-electron chi connectivity index (χ2n) is 11.5. The number of anilines is 1. The van der Waals surface area contributed by atoms with Crippen LogP contribution in [0.3, 0.4) is 0 Å². The van der Waals surface area contributed by atoms with Crippen LogP contribution in [0.2, 0.25) is 0 Å². The van der Waals surface area contributed by atoms with Crippen LogP contribution in [0.1, 0.15) is 107 Å². The summed E-state index contributed by atoms with van der Waals surface area (Å²) in [5.74, 6) is -0.360. The van der Waals surface area contributed by atoms with Crippen molar-refractivity contribution in [1.29, 1.82) is 0 Å². The third kappa shape index (κ3) is 8.10. The van der Waals surface area contributed by atoms with Gasteiger partial charge >= 0.3 is 18.2 Å². The largest absolute Gasteiger partial charge is 0.456 e. The molecule has 10 heteroatoms. The van der Waals surface area contributed by atoms with Crippen LogP contribution in [-0.2, 0) is 11.2 Å². The van der Waals surface area contributed by atoms with Crippen molar-refractivity contribution < 1.29 is 27.5 Å². The lowest BCUT2D eigenvalue weighted by Gasteiger charge is -2.26. The Morgan fingerprint density at radius 2 is 1.90 bits per heavy atom. The van der Waals surface area contributed by atoms with Crippen molar-refractivity contribution in [1.82, 2.24) is 10.6 Å². The number of alkyl halides is 3. The predicted molar refractivity (Wildman–Crippen MR) is 151 cm³/mol. The molecule has 1 unspecified atom stereocenters. The quantitative estimate of drug-likeness (QED) is 0.281. The van der Waals surface area contributed by atoms with E-state index in [1.807, 2.05) is 0 Å². The molecule has 1 aromatic heterocycles. The normalized spacial score (nSPS) is 18.8. The maximum absolute atomic E-state index is 13.9. The average Bonchev–Trinajstić information content (AvgIpc) is 3.21. The monoisotopic (exact) mass is 569 g/mol. The van der Waals surface area contributed by atoms with Gasteiger partial charge in [0.05, 0.1) is 5.56 Å². The van der Waals surface area contributed by atoms with E-state index in [2.05, 4.69) is 29.8 Å². The second-order valence-corrected chi connectivity index (χ2v) is 12.6. The van der Waals surface area contributed by atoms with Gasteiger partial charge in [0.15, 0.2) is 0 Å². The molecule has 0 saturated heterocycles. The van der Waals surface area contributed by atoms with Crippen LogP contribution in [0.5, 0.6) is 0 Å². The number of fused-ring (bicyclic) bond motifs is 1. The fourth-order valence-electron chi connectivity index (χ4n) is 5.21. The third-order valence-electron chi connectivity index (χ3n) is 7.20. The van der Waals surface area contributed by atoms with Crippen molar-refractivity contribution in [3.63, 3.8) is 0 Å². The maximum Gasteiger partial charge on any atom is 0.412 e. The topological polar surface area (TPSA) is 79.5 Å². The molecule has 0 aromatic carbocycles. The number of carbonyl (C=O) groups excluding carboxylic acids is 2. The lowest BCUT2D eigenvalue weighted by Crippen LogP contribution is -2.34. The van der Waals surface area contributed by atoms with Gasteiger partial charge in [0.1, 0.15) is 10.6 Å². The summed E-state index contributed by atoms with van der Waals surface area (Å²) < 4.78 is 47.3. The second kappa shape index (κ2) is 12.9. The molecule has 0 radical (unpaired) electrons. The number of nitrogens with one attached hydrogen (secondary N) is 3. The van der Waals surface area contributed by atoms with Crippen molar-refractivity contribution in [3.8, 4) is 0 Å². The zero-order valence-corrected chi connectivity index (χ0v) is 24.7. The van der Waals surface area contributed by atoms with E-state index in [1.54, 1.807) is 20.8 Å². The van der Waals surface area contributed by atoms with E-state index in [4.69, 9.17) is 4.74 Å². The fourth-order valence-corrected chi connectivity index (χ4v) is 6.56. The molecule has 1 aromatic rings. The molecule has 1 aliphatic heterocycles. The molecule has 3 N–H and O–H groups in total. The van der Waals surface area contributed by atoms with Crippen LogP contribution >= 0.6 is 11.3 Å². The van der Waals surface area contributed by atoms with Gasteiger partial charge in [-0.1, -0.05) is 25.8 Å². The van der Waals surface area contributed by atoms with E-state index in [0.29, 0.717) is 35.6 Å². The predicted octanol–water partition coefficient (Wildman–Crippen LogP) is 7.62. The number of aryl methyl sites for hydroxylation is 1. The minimum absolute atomic E-state index is 0.122. The summed E-state index contributed by atoms with van der Waals surface area (Å²) in [6.45, 7) is 11.4. The number of urea groups is 1. The molecular weight excluding hydrogens is 527 g/mol. The minimum Gasteiger partial charge on any atom is -0.456 e. The Hall–Kier alpha value is -2.33. The molecule has 218 valence electrons. The molecule has 39 heavy (non-hydrogen) atoms. The number of esters is 1. The van der Waals surface area contributed by atoms with Crippen LogP contribution < -0.4 is 16.0 Å². The van der Waals surface area contributed by atoms with E-state index >= 15 is 0 Å². The summed E-state index contributed by atoms with van der Waals surface area (Å²) in [5, 5.41) is 9.07. The van der Waals surface area contributed by atoms with Gasteiger partial charge in [-0.25, -0.2) is 9.59 Å². The van der Waals surface area contributed by atoms with Gasteiger partial charge in [-0.3, -0.25) is 5.32 Å². The van der Waals surface area contributed by atoms with E-state index in [9.17, 15) is 22.8 Å². The van der Waals surface area contributed by atoms with Crippen molar-refractivity contribution in [2.24, 2.45) is 0 Å². The summed E-state index contributed by atoms with van der Waals surface area (Å²) in [7, 11) is 0. The molecule has 0 bridgehead atoms. The number of unbranched alkanes of at least 4 members (excludes halogenated alkanes) is 1. The molecule has 2 aliphatic rings. The highest BCUT2D eigenvalue weighted by Crippen LogP contribution is 2.44. The molecule has 3 rings (SSSR count). The number of hydrogen-bond donors (Lipinski definition) is 3. The number of ether oxygens (including phenoxy) is 1. The lowest BCUT2D eigenvalue weighted by atomic mass is 9.86. The van der Waals surface area contributed by atoms with Crippen molar-refractivity contribution >= 4 is 28.3 Å². The molecule has 2 amide bonds. The minimum atomic E-state index is -4.51. The van der Waals surface area contributed by atoms with Gasteiger partial charge in [0, 0.05) is 23.5 Å². The number of halogens is 3. The zero-order chi connectivity index (χ0) is 29.0. The highest BCUT2D eigenvalue weighted by Gasteiger charge is 2.35. The highest BCUT2D eigenvalue weighted by molar-refractivity contribution is 7.17. The summed E-state index contributed by atoms with van der Waals surface area (Å²) in [6, 6.07) is -0.650. The highest BCUT2D eigenvalue weighted by atomic mass is 32.1. The first-order valence-corrected chi connectivity index (χ1v) is 14.7.